The van der Waals surface area contributed by atoms with Crippen LogP contribution in [0, 0.1) is 0 Å². The van der Waals surface area contributed by atoms with Crippen molar-refractivity contribution in [3.05, 3.63) is 60.4 Å². The van der Waals surface area contributed by atoms with Gasteiger partial charge in [-0.05, 0) is 24.5 Å². The summed E-state index contributed by atoms with van der Waals surface area (Å²) >= 11 is 0. The molecule has 1 fully saturated rings. The van der Waals surface area contributed by atoms with Crippen LogP contribution in [0.5, 0.6) is 0 Å². The Morgan fingerprint density at radius 2 is 1.77 bits per heavy atom. The summed E-state index contributed by atoms with van der Waals surface area (Å²) in [5.74, 6) is 0.852. The summed E-state index contributed by atoms with van der Waals surface area (Å²) in [7, 11) is 0. The van der Waals surface area contributed by atoms with Crippen LogP contribution in [-0.4, -0.2) is 35.6 Å². The third kappa shape index (κ3) is 4.15. The number of anilines is 1. The third-order valence-electron chi connectivity index (χ3n) is 3.96. The van der Waals surface area contributed by atoms with Crippen molar-refractivity contribution in [2.24, 2.45) is 0 Å². The molecule has 0 aliphatic carbocycles. The lowest BCUT2D eigenvalue weighted by Crippen LogP contribution is -2.43. The number of piperidine rings is 1. The normalized spacial score (nSPS) is 16.3. The Balaban J connectivity index is 1.40. The largest absolute Gasteiger partial charge is 0.341 e. The predicted octanol–water partition coefficient (Wildman–Crippen LogP) is 2.75. The minimum Gasteiger partial charge on any atom is -0.341 e. The second-order valence-electron chi connectivity index (χ2n) is 5.53. The summed E-state index contributed by atoms with van der Waals surface area (Å²) in [4.78, 5) is 10.9. The molecule has 0 atom stereocenters. The quantitative estimate of drug-likeness (QED) is 0.920. The zero-order valence-corrected chi connectivity index (χ0v) is 12.7. The van der Waals surface area contributed by atoms with E-state index >= 15 is 0 Å². The number of nitrogens with zero attached hydrogens (tertiary/aromatic N) is 3. The van der Waals surface area contributed by atoms with Crippen molar-refractivity contribution in [1.29, 1.82) is 0 Å². The first kappa shape index (κ1) is 14.7. The number of nitrogens with one attached hydrogen (secondary N) is 1. The zero-order chi connectivity index (χ0) is 15.0. The lowest BCUT2D eigenvalue weighted by molar-refractivity contribution is 0.427. The lowest BCUT2D eigenvalue weighted by Gasteiger charge is -2.32. The third-order valence-corrected chi connectivity index (χ3v) is 3.96. The number of rotatable bonds is 5. The van der Waals surface area contributed by atoms with Crippen LogP contribution in [0.3, 0.4) is 0 Å². The molecule has 0 saturated carbocycles. The maximum Gasteiger partial charge on any atom is 0.225 e. The van der Waals surface area contributed by atoms with Gasteiger partial charge in [0.2, 0.25) is 5.95 Å². The molecule has 4 nitrogen and oxygen atoms in total. The molecule has 1 aromatic carbocycles. The Morgan fingerprint density at radius 1 is 1.05 bits per heavy atom. The van der Waals surface area contributed by atoms with Gasteiger partial charge in [0, 0.05) is 38.1 Å². The van der Waals surface area contributed by atoms with Crippen LogP contribution in [0.4, 0.5) is 5.95 Å². The van der Waals surface area contributed by atoms with Crippen LogP contribution in [0.2, 0.25) is 0 Å². The Bertz CT molecular complexity index is 575. The van der Waals surface area contributed by atoms with Gasteiger partial charge in [0.15, 0.2) is 0 Å². The van der Waals surface area contributed by atoms with Crippen LogP contribution in [-0.2, 0) is 0 Å². The SMILES string of the molecule is C(=C/c1ccccc1)/CNC1CCN(c2ncccn2)CC1. The summed E-state index contributed by atoms with van der Waals surface area (Å²) in [6.45, 7) is 2.95. The first-order valence-electron chi connectivity index (χ1n) is 7.89. The van der Waals surface area contributed by atoms with Crippen molar-refractivity contribution in [1.82, 2.24) is 15.3 Å². The molecule has 1 aliphatic heterocycles. The topological polar surface area (TPSA) is 41.0 Å². The number of hydrogen-bond acceptors (Lipinski definition) is 4. The lowest BCUT2D eigenvalue weighted by atomic mass is 10.1. The average Bonchev–Trinajstić information content (AvgIpc) is 2.61. The molecule has 2 heterocycles. The Morgan fingerprint density at radius 3 is 2.50 bits per heavy atom. The van der Waals surface area contributed by atoms with Gasteiger partial charge in [-0.15, -0.1) is 0 Å². The molecule has 3 rings (SSSR count). The molecule has 1 aliphatic rings. The van der Waals surface area contributed by atoms with E-state index in [1.807, 2.05) is 12.1 Å². The van der Waals surface area contributed by atoms with Crippen molar-refractivity contribution in [2.45, 2.75) is 18.9 Å². The van der Waals surface area contributed by atoms with Crippen molar-refractivity contribution >= 4 is 12.0 Å². The number of hydrogen-bond donors (Lipinski definition) is 1. The smallest absolute Gasteiger partial charge is 0.225 e. The molecule has 0 radical (unpaired) electrons. The molecular weight excluding hydrogens is 272 g/mol. The van der Waals surface area contributed by atoms with Crippen molar-refractivity contribution in [3.8, 4) is 0 Å². The Kier molecular flexibility index (Phi) is 5.16. The van der Waals surface area contributed by atoms with Crippen LogP contribution in [0.15, 0.2) is 54.9 Å². The molecule has 0 unspecified atom stereocenters. The standard InChI is InChI=1S/C18H22N4/c1-2-6-16(7-3-1)8-4-11-19-17-9-14-22(15-10-17)18-20-12-5-13-21-18/h1-8,12-13,17,19H,9-11,14-15H2/b8-4-. The predicted molar refractivity (Wildman–Crippen MR) is 90.7 cm³/mol. The van der Waals surface area contributed by atoms with E-state index in [0.29, 0.717) is 6.04 Å². The summed E-state index contributed by atoms with van der Waals surface area (Å²) < 4.78 is 0. The zero-order valence-electron chi connectivity index (χ0n) is 12.7. The first-order valence-corrected chi connectivity index (χ1v) is 7.89. The molecule has 1 saturated heterocycles. The fourth-order valence-corrected chi connectivity index (χ4v) is 2.73. The van der Waals surface area contributed by atoms with E-state index in [-0.39, 0.29) is 0 Å². The maximum atomic E-state index is 4.32. The molecule has 1 N–H and O–H groups in total. The molecule has 0 spiro atoms. The van der Waals surface area contributed by atoms with Crippen LogP contribution in [0.25, 0.3) is 6.08 Å². The van der Waals surface area contributed by atoms with Gasteiger partial charge in [0.1, 0.15) is 0 Å². The second kappa shape index (κ2) is 7.71. The van der Waals surface area contributed by atoms with Gasteiger partial charge < -0.3 is 10.2 Å². The molecule has 114 valence electrons. The van der Waals surface area contributed by atoms with Crippen molar-refractivity contribution in [2.75, 3.05) is 24.5 Å². The molecular formula is C18H22N4. The van der Waals surface area contributed by atoms with Gasteiger partial charge in [-0.1, -0.05) is 42.5 Å². The Labute approximate surface area is 131 Å². The minimum atomic E-state index is 0.584. The maximum absolute atomic E-state index is 4.32. The van der Waals surface area contributed by atoms with E-state index in [1.54, 1.807) is 12.4 Å². The number of aromatic nitrogens is 2. The highest BCUT2D eigenvalue weighted by Gasteiger charge is 2.19. The summed E-state index contributed by atoms with van der Waals surface area (Å²) in [5.41, 5.74) is 1.25. The van der Waals surface area contributed by atoms with E-state index in [9.17, 15) is 0 Å². The monoisotopic (exact) mass is 294 g/mol. The highest BCUT2D eigenvalue weighted by molar-refractivity contribution is 5.48. The molecule has 0 amide bonds. The molecule has 0 bridgehead atoms. The first-order chi connectivity index (χ1) is 10.9. The molecule has 1 aromatic heterocycles. The second-order valence-corrected chi connectivity index (χ2v) is 5.53. The van der Waals surface area contributed by atoms with Gasteiger partial charge in [0.05, 0.1) is 0 Å². The average molecular weight is 294 g/mol. The van der Waals surface area contributed by atoms with E-state index in [1.165, 1.54) is 5.56 Å². The highest BCUT2D eigenvalue weighted by atomic mass is 15.3. The van der Waals surface area contributed by atoms with Crippen LogP contribution < -0.4 is 10.2 Å². The summed E-state index contributed by atoms with van der Waals surface area (Å²) in [6.07, 6.45) is 10.2. The van der Waals surface area contributed by atoms with Gasteiger partial charge in [-0.2, -0.15) is 0 Å². The van der Waals surface area contributed by atoms with E-state index in [0.717, 1.165) is 38.4 Å². The van der Waals surface area contributed by atoms with E-state index in [4.69, 9.17) is 0 Å². The fraction of sp³-hybridized carbons (Fsp3) is 0.333. The van der Waals surface area contributed by atoms with Gasteiger partial charge >= 0.3 is 0 Å². The van der Waals surface area contributed by atoms with E-state index < -0.39 is 0 Å². The summed E-state index contributed by atoms with van der Waals surface area (Å²) in [5, 5.41) is 3.61. The van der Waals surface area contributed by atoms with Crippen molar-refractivity contribution in [3.63, 3.8) is 0 Å². The molecule has 22 heavy (non-hydrogen) atoms. The highest BCUT2D eigenvalue weighted by Crippen LogP contribution is 2.15. The number of benzene rings is 1. The van der Waals surface area contributed by atoms with Crippen LogP contribution >= 0.6 is 0 Å². The minimum absolute atomic E-state index is 0.584. The summed E-state index contributed by atoms with van der Waals surface area (Å²) in [6, 6.07) is 12.9. The van der Waals surface area contributed by atoms with Gasteiger partial charge in [0.25, 0.3) is 0 Å². The van der Waals surface area contributed by atoms with Crippen LogP contribution in [0.1, 0.15) is 18.4 Å². The van der Waals surface area contributed by atoms with Gasteiger partial charge in [-0.25, -0.2) is 9.97 Å². The van der Waals surface area contributed by atoms with Crippen molar-refractivity contribution < 1.29 is 0 Å². The molecule has 4 heteroatoms. The van der Waals surface area contributed by atoms with E-state index in [2.05, 4.69) is 56.6 Å². The van der Waals surface area contributed by atoms with Gasteiger partial charge in [-0.3, -0.25) is 0 Å². The fourth-order valence-electron chi connectivity index (χ4n) is 2.73. The molecule has 2 aromatic rings. The Hall–Kier alpha value is -2.20.